The van der Waals surface area contributed by atoms with Crippen LogP contribution in [0.2, 0.25) is 0 Å². The van der Waals surface area contributed by atoms with E-state index in [2.05, 4.69) is 4.90 Å². The summed E-state index contributed by atoms with van der Waals surface area (Å²) in [5.41, 5.74) is 0. The van der Waals surface area contributed by atoms with Gasteiger partial charge in [-0.3, -0.25) is 9.69 Å². The third-order valence-corrected chi connectivity index (χ3v) is 4.38. The lowest BCUT2D eigenvalue weighted by molar-refractivity contribution is -0.138. The smallest absolute Gasteiger partial charge is 0.304 e. The first-order chi connectivity index (χ1) is 8.25. The van der Waals surface area contributed by atoms with Crippen LogP contribution < -0.4 is 0 Å². The van der Waals surface area contributed by atoms with E-state index in [-0.39, 0.29) is 0 Å². The Hall–Kier alpha value is -0.570. The molecular weight excluding hydrogens is 214 g/mol. The van der Waals surface area contributed by atoms with Crippen molar-refractivity contribution in [2.24, 2.45) is 5.92 Å². The van der Waals surface area contributed by atoms with Crippen molar-refractivity contribution in [1.82, 2.24) is 4.90 Å². The second-order valence-electron chi connectivity index (χ2n) is 5.75. The number of hydrogen-bond donors (Lipinski definition) is 1. The predicted octanol–water partition coefficient (Wildman–Crippen LogP) is 2.90. The topological polar surface area (TPSA) is 40.5 Å². The van der Waals surface area contributed by atoms with Gasteiger partial charge in [-0.05, 0) is 38.1 Å². The number of carboxylic acid groups (broad SMARTS) is 1. The number of likely N-dealkylation sites (tertiary alicyclic amines) is 1. The van der Waals surface area contributed by atoms with Gasteiger partial charge in [-0.25, -0.2) is 0 Å². The Morgan fingerprint density at radius 3 is 2.41 bits per heavy atom. The standard InChI is InChI=1S/C14H25NO2/c16-14(17)10-13-8-5-9-15(13)11-12-6-3-1-2-4-7-12/h12-13H,1-11H2,(H,16,17). The molecule has 1 N–H and O–H groups in total. The molecule has 3 heteroatoms. The number of hydrogen-bond acceptors (Lipinski definition) is 2. The summed E-state index contributed by atoms with van der Waals surface area (Å²) in [6, 6.07) is 0.316. The first-order valence-electron chi connectivity index (χ1n) is 7.21. The maximum Gasteiger partial charge on any atom is 0.304 e. The molecule has 0 bridgehead atoms. The van der Waals surface area contributed by atoms with Gasteiger partial charge >= 0.3 is 5.97 Å². The number of nitrogens with zero attached hydrogens (tertiary/aromatic N) is 1. The zero-order valence-electron chi connectivity index (χ0n) is 10.7. The average molecular weight is 239 g/mol. The van der Waals surface area contributed by atoms with E-state index in [0.717, 1.165) is 25.4 Å². The molecule has 1 atom stereocenters. The predicted molar refractivity (Wildman–Crippen MR) is 68.0 cm³/mol. The lowest BCUT2D eigenvalue weighted by Crippen LogP contribution is -2.35. The summed E-state index contributed by atoms with van der Waals surface area (Å²) in [6.45, 7) is 2.27. The summed E-state index contributed by atoms with van der Waals surface area (Å²) in [4.78, 5) is 13.3. The van der Waals surface area contributed by atoms with Gasteiger partial charge in [-0.1, -0.05) is 25.7 Å². The minimum Gasteiger partial charge on any atom is -0.481 e. The molecule has 1 aliphatic heterocycles. The molecule has 0 aromatic carbocycles. The molecule has 1 heterocycles. The Morgan fingerprint density at radius 2 is 1.76 bits per heavy atom. The van der Waals surface area contributed by atoms with Crippen molar-refractivity contribution in [3.8, 4) is 0 Å². The SMILES string of the molecule is O=C(O)CC1CCCN1CC1CCCCCC1. The van der Waals surface area contributed by atoms with E-state index in [0.29, 0.717) is 12.5 Å². The summed E-state index contributed by atoms with van der Waals surface area (Å²) in [5, 5.41) is 8.92. The monoisotopic (exact) mass is 239 g/mol. The Kier molecular flexibility index (Phi) is 4.84. The van der Waals surface area contributed by atoms with Crippen molar-refractivity contribution in [2.45, 2.75) is 63.8 Å². The van der Waals surface area contributed by atoms with E-state index < -0.39 is 5.97 Å². The van der Waals surface area contributed by atoms with Crippen LogP contribution in [0.3, 0.4) is 0 Å². The summed E-state index contributed by atoms with van der Waals surface area (Å²) >= 11 is 0. The van der Waals surface area contributed by atoms with E-state index in [1.807, 2.05) is 0 Å². The molecule has 0 aromatic heterocycles. The van der Waals surface area contributed by atoms with Gasteiger partial charge in [0.25, 0.3) is 0 Å². The van der Waals surface area contributed by atoms with E-state index in [1.54, 1.807) is 0 Å². The van der Waals surface area contributed by atoms with Crippen LogP contribution in [0.15, 0.2) is 0 Å². The summed E-state index contributed by atoms with van der Waals surface area (Å²) in [5.74, 6) is 0.190. The fraction of sp³-hybridized carbons (Fsp3) is 0.929. The van der Waals surface area contributed by atoms with Gasteiger partial charge < -0.3 is 5.11 Å². The minimum atomic E-state index is -0.636. The quantitative estimate of drug-likeness (QED) is 0.767. The second kappa shape index (κ2) is 6.39. The normalized spacial score (nSPS) is 28.1. The van der Waals surface area contributed by atoms with E-state index in [9.17, 15) is 4.79 Å². The molecule has 3 nitrogen and oxygen atoms in total. The summed E-state index contributed by atoms with van der Waals surface area (Å²) in [6.07, 6.45) is 10.9. The van der Waals surface area contributed by atoms with Crippen molar-refractivity contribution in [2.75, 3.05) is 13.1 Å². The van der Waals surface area contributed by atoms with Crippen molar-refractivity contribution in [1.29, 1.82) is 0 Å². The highest BCUT2D eigenvalue weighted by molar-refractivity contribution is 5.67. The lowest BCUT2D eigenvalue weighted by atomic mass is 9.99. The number of carbonyl (C=O) groups is 1. The molecule has 1 saturated carbocycles. The molecule has 2 rings (SSSR count). The van der Waals surface area contributed by atoms with Crippen molar-refractivity contribution < 1.29 is 9.90 Å². The number of rotatable bonds is 4. The Morgan fingerprint density at radius 1 is 1.06 bits per heavy atom. The highest BCUT2D eigenvalue weighted by Crippen LogP contribution is 2.27. The molecule has 98 valence electrons. The summed E-state index contributed by atoms with van der Waals surface area (Å²) < 4.78 is 0. The molecule has 0 amide bonds. The lowest BCUT2D eigenvalue weighted by Gasteiger charge is -2.27. The number of carboxylic acids is 1. The van der Waals surface area contributed by atoms with Crippen molar-refractivity contribution >= 4 is 5.97 Å². The fourth-order valence-corrected chi connectivity index (χ4v) is 3.45. The van der Waals surface area contributed by atoms with Crippen LogP contribution in [0, 0.1) is 5.92 Å². The molecule has 1 unspecified atom stereocenters. The third-order valence-electron chi connectivity index (χ3n) is 4.38. The molecule has 0 spiro atoms. The molecule has 17 heavy (non-hydrogen) atoms. The first kappa shape index (κ1) is 12.9. The van der Waals surface area contributed by atoms with Gasteiger partial charge in [0.2, 0.25) is 0 Å². The molecule has 1 aliphatic carbocycles. The summed E-state index contributed by atoms with van der Waals surface area (Å²) in [7, 11) is 0. The zero-order chi connectivity index (χ0) is 12.1. The van der Waals surface area contributed by atoms with E-state index in [1.165, 1.54) is 44.9 Å². The molecule has 1 saturated heterocycles. The van der Waals surface area contributed by atoms with Crippen LogP contribution in [0.1, 0.15) is 57.8 Å². The van der Waals surface area contributed by atoms with Gasteiger partial charge in [0, 0.05) is 12.6 Å². The molecular formula is C14H25NO2. The van der Waals surface area contributed by atoms with Crippen LogP contribution in [-0.4, -0.2) is 35.1 Å². The highest BCUT2D eigenvalue weighted by atomic mass is 16.4. The van der Waals surface area contributed by atoms with Crippen molar-refractivity contribution in [3.05, 3.63) is 0 Å². The molecule has 0 radical (unpaired) electrons. The molecule has 2 fully saturated rings. The largest absolute Gasteiger partial charge is 0.481 e. The van der Waals surface area contributed by atoms with Crippen LogP contribution in [0.25, 0.3) is 0 Å². The third kappa shape index (κ3) is 3.98. The second-order valence-corrected chi connectivity index (χ2v) is 5.75. The maximum absolute atomic E-state index is 10.8. The first-order valence-corrected chi connectivity index (χ1v) is 7.21. The maximum atomic E-state index is 10.8. The Bertz CT molecular complexity index is 247. The molecule has 2 aliphatic rings. The molecule has 0 aromatic rings. The average Bonchev–Trinajstić information content (AvgIpc) is 2.55. The van der Waals surface area contributed by atoms with Crippen LogP contribution >= 0.6 is 0 Å². The van der Waals surface area contributed by atoms with Gasteiger partial charge in [-0.2, -0.15) is 0 Å². The zero-order valence-corrected chi connectivity index (χ0v) is 10.7. The van der Waals surface area contributed by atoms with Gasteiger partial charge in [0.1, 0.15) is 0 Å². The fourth-order valence-electron chi connectivity index (χ4n) is 3.45. The van der Waals surface area contributed by atoms with Crippen LogP contribution in [0.4, 0.5) is 0 Å². The van der Waals surface area contributed by atoms with Crippen LogP contribution in [0.5, 0.6) is 0 Å². The highest BCUT2D eigenvalue weighted by Gasteiger charge is 2.28. The Labute approximate surface area is 104 Å². The van der Waals surface area contributed by atoms with Gasteiger partial charge in [0.15, 0.2) is 0 Å². The Balaban J connectivity index is 1.81. The van der Waals surface area contributed by atoms with Crippen molar-refractivity contribution in [3.63, 3.8) is 0 Å². The van der Waals surface area contributed by atoms with Crippen LogP contribution in [-0.2, 0) is 4.79 Å². The van der Waals surface area contributed by atoms with E-state index >= 15 is 0 Å². The van der Waals surface area contributed by atoms with Gasteiger partial charge in [0.05, 0.1) is 6.42 Å². The van der Waals surface area contributed by atoms with Gasteiger partial charge in [-0.15, -0.1) is 0 Å². The van der Waals surface area contributed by atoms with E-state index in [4.69, 9.17) is 5.11 Å². The minimum absolute atomic E-state index is 0.316. The number of aliphatic carboxylic acids is 1.